The van der Waals surface area contributed by atoms with Crippen molar-refractivity contribution >= 4 is 11.7 Å². The van der Waals surface area contributed by atoms with E-state index in [4.69, 9.17) is 0 Å². The highest BCUT2D eigenvalue weighted by molar-refractivity contribution is 6.00. The van der Waals surface area contributed by atoms with Crippen molar-refractivity contribution in [3.63, 3.8) is 0 Å². The van der Waals surface area contributed by atoms with Crippen molar-refractivity contribution in [1.29, 1.82) is 0 Å². The minimum atomic E-state index is 0.831. The van der Waals surface area contributed by atoms with Crippen molar-refractivity contribution in [1.82, 2.24) is 20.6 Å². The Morgan fingerprint density at radius 1 is 0.682 bits per heavy atom. The third kappa shape index (κ3) is 2.43. The van der Waals surface area contributed by atoms with Crippen LogP contribution in [-0.2, 0) is 0 Å². The fraction of sp³-hybridized carbons (Fsp3) is 0.250. The second kappa shape index (κ2) is 5.55. The Labute approximate surface area is 128 Å². The fourth-order valence-electron chi connectivity index (χ4n) is 2.55. The van der Waals surface area contributed by atoms with Gasteiger partial charge in [0.25, 0.3) is 0 Å². The van der Waals surface area contributed by atoms with Crippen LogP contribution in [0.5, 0.6) is 0 Å². The molecule has 2 aromatic heterocycles. The maximum Gasteiger partial charge on any atom is 0.129 e. The molecule has 4 heterocycles. The smallest absolute Gasteiger partial charge is 0.129 e. The van der Waals surface area contributed by atoms with Crippen molar-refractivity contribution in [3.8, 4) is 11.4 Å². The van der Waals surface area contributed by atoms with Gasteiger partial charge in [0.2, 0.25) is 0 Å². The summed E-state index contributed by atoms with van der Waals surface area (Å²) in [6.45, 7) is 3.46. The summed E-state index contributed by atoms with van der Waals surface area (Å²) in [5, 5.41) is 6.49. The van der Waals surface area contributed by atoms with Gasteiger partial charge >= 0.3 is 0 Å². The predicted molar refractivity (Wildman–Crippen MR) is 86.3 cm³/mol. The molecule has 0 aromatic carbocycles. The highest BCUT2D eigenvalue weighted by atomic mass is 15.1. The van der Waals surface area contributed by atoms with Gasteiger partial charge in [-0.15, -0.1) is 0 Å². The fourth-order valence-corrected chi connectivity index (χ4v) is 2.55. The van der Waals surface area contributed by atoms with Gasteiger partial charge in [-0.25, -0.2) is 0 Å². The first-order chi connectivity index (χ1) is 10.9. The molecule has 0 fully saturated rings. The van der Waals surface area contributed by atoms with Crippen LogP contribution in [-0.4, -0.2) is 47.8 Å². The third-order valence-electron chi connectivity index (χ3n) is 3.68. The molecule has 0 saturated carbocycles. The van der Waals surface area contributed by atoms with Gasteiger partial charge in [-0.2, -0.15) is 0 Å². The topological polar surface area (TPSA) is 74.6 Å². The number of amidine groups is 2. The van der Waals surface area contributed by atoms with Crippen molar-refractivity contribution < 1.29 is 0 Å². The van der Waals surface area contributed by atoms with Crippen LogP contribution in [0, 0.1) is 0 Å². The largest absolute Gasteiger partial charge is 0.368 e. The maximum absolute atomic E-state index is 4.49. The van der Waals surface area contributed by atoms with Crippen LogP contribution < -0.4 is 10.6 Å². The summed E-state index contributed by atoms with van der Waals surface area (Å²) in [5.74, 6) is 1.85. The Morgan fingerprint density at radius 2 is 1.18 bits per heavy atom. The van der Waals surface area contributed by atoms with E-state index in [2.05, 4.69) is 30.6 Å². The number of rotatable bonds is 3. The zero-order valence-electron chi connectivity index (χ0n) is 12.1. The third-order valence-corrected chi connectivity index (χ3v) is 3.68. The van der Waals surface area contributed by atoms with E-state index in [1.807, 2.05) is 36.7 Å². The van der Waals surface area contributed by atoms with Gasteiger partial charge in [0, 0.05) is 36.6 Å². The second-order valence-corrected chi connectivity index (χ2v) is 5.18. The molecule has 6 nitrogen and oxygen atoms in total. The molecule has 110 valence electrons. The van der Waals surface area contributed by atoms with Gasteiger partial charge < -0.3 is 10.6 Å². The van der Waals surface area contributed by atoms with Crippen LogP contribution in [0.1, 0.15) is 11.1 Å². The summed E-state index contributed by atoms with van der Waals surface area (Å²) >= 11 is 0. The SMILES string of the molecule is c1cc(-c2ccc(C3=NCCN3)cn2)ncc1C1=NCCN1. The lowest BCUT2D eigenvalue weighted by Gasteiger charge is -2.05. The van der Waals surface area contributed by atoms with E-state index in [0.29, 0.717) is 0 Å². The lowest BCUT2D eigenvalue weighted by atomic mass is 10.1. The number of hydrogen-bond acceptors (Lipinski definition) is 6. The van der Waals surface area contributed by atoms with E-state index >= 15 is 0 Å². The van der Waals surface area contributed by atoms with Crippen LogP contribution in [0.25, 0.3) is 11.4 Å². The maximum atomic E-state index is 4.49. The highest BCUT2D eigenvalue weighted by Crippen LogP contribution is 2.16. The summed E-state index contributed by atoms with van der Waals surface area (Å²) in [6.07, 6.45) is 3.68. The van der Waals surface area contributed by atoms with Crippen LogP contribution in [0.3, 0.4) is 0 Å². The average molecular weight is 292 g/mol. The Balaban J connectivity index is 1.56. The van der Waals surface area contributed by atoms with Crippen molar-refractivity contribution in [2.24, 2.45) is 9.98 Å². The molecule has 0 radical (unpaired) electrons. The van der Waals surface area contributed by atoms with Crippen LogP contribution in [0.2, 0.25) is 0 Å². The molecule has 2 aliphatic rings. The lowest BCUT2D eigenvalue weighted by molar-refractivity contribution is 0.959. The van der Waals surface area contributed by atoms with E-state index in [1.54, 1.807) is 0 Å². The Morgan fingerprint density at radius 3 is 1.50 bits per heavy atom. The van der Waals surface area contributed by atoms with Crippen molar-refractivity contribution in [2.75, 3.05) is 26.2 Å². The van der Waals surface area contributed by atoms with E-state index in [9.17, 15) is 0 Å². The second-order valence-electron chi connectivity index (χ2n) is 5.18. The average Bonchev–Trinajstić information content (AvgIpc) is 3.29. The molecular formula is C16H16N6. The first-order valence-corrected chi connectivity index (χ1v) is 7.40. The van der Waals surface area contributed by atoms with Gasteiger partial charge in [0.1, 0.15) is 11.7 Å². The molecule has 0 bridgehead atoms. The summed E-state index contributed by atoms with van der Waals surface area (Å²) in [7, 11) is 0. The Kier molecular flexibility index (Phi) is 3.27. The van der Waals surface area contributed by atoms with E-state index in [-0.39, 0.29) is 0 Å². The standard InChI is InChI=1S/C16H16N6/c1-3-13(21-9-11(1)15-17-5-6-18-15)14-4-2-12(10-22-14)16-19-7-8-20-16/h1-4,9-10H,5-8H2,(H,17,18)(H,19,20). The molecule has 6 heteroatoms. The summed E-state index contributed by atoms with van der Waals surface area (Å²) in [5.41, 5.74) is 3.75. The Bertz CT molecular complexity index is 665. The number of nitrogens with one attached hydrogen (secondary N) is 2. The van der Waals surface area contributed by atoms with Crippen molar-refractivity contribution in [3.05, 3.63) is 47.8 Å². The van der Waals surface area contributed by atoms with Gasteiger partial charge in [-0.1, -0.05) is 0 Å². The molecule has 2 aliphatic heterocycles. The van der Waals surface area contributed by atoms with Gasteiger partial charge in [-0.3, -0.25) is 20.0 Å². The van der Waals surface area contributed by atoms with Crippen LogP contribution in [0.15, 0.2) is 46.6 Å². The number of aliphatic imine (C=N–C) groups is 2. The summed E-state index contributed by atoms with van der Waals surface area (Å²) in [4.78, 5) is 17.8. The van der Waals surface area contributed by atoms with E-state index in [0.717, 1.165) is 60.4 Å². The van der Waals surface area contributed by atoms with Crippen LogP contribution >= 0.6 is 0 Å². The first-order valence-electron chi connectivity index (χ1n) is 7.40. The molecule has 2 aromatic rings. The molecule has 4 rings (SSSR count). The monoisotopic (exact) mass is 292 g/mol. The zero-order valence-corrected chi connectivity index (χ0v) is 12.1. The molecular weight excluding hydrogens is 276 g/mol. The molecule has 0 saturated heterocycles. The number of hydrogen-bond donors (Lipinski definition) is 2. The van der Waals surface area contributed by atoms with Crippen molar-refractivity contribution in [2.45, 2.75) is 0 Å². The molecule has 22 heavy (non-hydrogen) atoms. The van der Waals surface area contributed by atoms with Gasteiger partial charge in [-0.05, 0) is 24.3 Å². The van der Waals surface area contributed by atoms with Gasteiger partial charge in [0.05, 0.1) is 24.5 Å². The molecule has 0 aliphatic carbocycles. The predicted octanol–water partition coefficient (Wildman–Crippen LogP) is 0.843. The normalized spacial score (nSPS) is 16.7. The summed E-state index contributed by atoms with van der Waals surface area (Å²) < 4.78 is 0. The lowest BCUT2D eigenvalue weighted by Crippen LogP contribution is -2.19. The Hall–Kier alpha value is -2.76. The minimum Gasteiger partial charge on any atom is -0.368 e. The number of nitrogens with zero attached hydrogens (tertiary/aromatic N) is 4. The summed E-state index contributed by atoms with van der Waals surface area (Å²) in [6, 6.07) is 8.01. The molecule has 2 N–H and O–H groups in total. The highest BCUT2D eigenvalue weighted by Gasteiger charge is 2.11. The molecule has 0 atom stereocenters. The van der Waals surface area contributed by atoms with Crippen LogP contribution in [0.4, 0.5) is 0 Å². The number of pyridine rings is 2. The minimum absolute atomic E-state index is 0.831. The van der Waals surface area contributed by atoms with Gasteiger partial charge in [0.15, 0.2) is 0 Å². The molecule has 0 amide bonds. The zero-order chi connectivity index (χ0) is 14.8. The van der Waals surface area contributed by atoms with E-state index < -0.39 is 0 Å². The molecule has 0 unspecified atom stereocenters. The quantitative estimate of drug-likeness (QED) is 0.879. The van der Waals surface area contributed by atoms with E-state index in [1.165, 1.54) is 0 Å². The first kappa shape index (κ1) is 12.9. The molecule has 0 spiro atoms. The number of aromatic nitrogens is 2.